The van der Waals surface area contributed by atoms with Gasteiger partial charge in [0.1, 0.15) is 11.4 Å². The van der Waals surface area contributed by atoms with Crippen molar-refractivity contribution >= 4 is 29.4 Å². The number of hydrogen-bond acceptors (Lipinski definition) is 6. The Labute approximate surface area is 166 Å². The lowest BCUT2D eigenvalue weighted by Gasteiger charge is -2.07. The number of halogens is 1. The number of rotatable bonds is 7. The van der Waals surface area contributed by atoms with Crippen molar-refractivity contribution in [1.82, 2.24) is 5.16 Å². The summed E-state index contributed by atoms with van der Waals surface area (Å²) in [6.07, 6.45) is 0. The Kier molecular flexibility index (Phi) is 6.29. The molecule has 0 aliphatic heterocycles. The number of anilines is 1. The van der Waals surface area contributed by atoms with Crippen molar-refractivity contribution in [1.29, 1.82) is 0 Å². The number of carbonyl (C=O) groups excluding carboxylic acids is 2. The fourth-order valence-corrected chi connectivity index (χ4v) is 2.44. The number of amides is 1. The molecule has 1 aromatic heterocycles. The van der Waals surface area contributed by atoms with E-state index in [0.717, 1.165) is 11.1 Å². The van der Waals surface area contributed by atoms with Crippen LogP contribution < -0.4 is 10.1 Å². The fraction of sp³-hybridized carbons (Fsp3) is 0.150. The molecule has 0 aliphatic carbocycles. The normalized spacial score (nSPS) is 10.4. The zero-order valence-corrected chi connectivity index (χ0v) is 15.7. The highest BCUT2D eigenvalue weighted by Gasteiger charge is 2.13. The molecule has 3 rings (SSSR count). The summed E-state index contributed by atoms with van der Waals surface area (Å²) in [4.78, 5) is 23.6. The van der Waals surface area contributed by atoms with Crippen molar-refractivity contribution in [3.8, 4) is 17.0 Å². The van der Waals surface area contributed by atoms with Gasteiger partial charge in [-0.2, -0.15) is 0 Å². The molecule has 8 heteroatoms. The van der Waals surface area contributed by atoms with Gasteiger partial charge in [-0.3, -0.25) is 10.1 Å². The number of ether oxygens (including phenoxy) is 2. The van der Waals surface area contributed by atoms with E-state index >= 15 is 0 Å². The molecule has 0 radical (unpaired) electrons. The molecule has 0 aliphatic rings. The van der Waals surface area contributed by atoms with Gasteiger partial charge in [0, 0.05) is 11.6 Å². The van der Waals surface area contributed by atoms with Gasteiger partial charge in [0.2, 0.25) is 5.88 Å². The van der Waals surface area contributed by atoms with Crippen molar-refractivity contribution in [3.63, 3.8) is 0 Å². The number of carbonyl (C=O) groups is 2. The van der Waals surface area contributed by atoms with Crippen LogP contribution in [-0.2, 0) is 14.3 Å². The second-order valence-corrected chi connectivity index (χ2v) is 6.28. The molecule has 0 saturated carbocycles. The van der Waals surface area contributed by atoms with E-state index in [4.69, 9.17) is 25.6 Å². The van der Waals surface area contributed by atoms with Gasteiger partial charge in [-0.1, -0.05) is 58.7 Å². The maximum Gasteiger partial charge on any atom is 0.344 e. The summed E-state index contributed by atoms with van der Waals surface area (Å²) in [6.45, 7) is 1.14. The van der Waals surface area contributed by atoms with E-state index in [1.54, 1.807) is 30.3 Å². The average Bonchev–Trinajstić information content (AvgIpc) is 3.14. The topological polar surface area (TPSA) is 90.7 Å². The van der Waals surface area contributed by atoms with Crippen molar-refractivity contribution in [3.05, 3.63) is 65.2 Å². The number of nitrogens with one attached hydrogen (secondary N) is 1. The summed E-state index contributed by atoms with van der Waals surface area (Å²) >= 11 is 5.92. The summed E-state index contributed by atoms with van der Waals surface area (Å²) in [5, 5.41) is 6.76. The quantitative estimate of drug-likeness (QED) is 0.605. The van der Waals surface area contributed by atoms with Crippen LogP contribution in [0.3, 0.4) is 0 Å². The van der Waals surface area contributed by atoms with Crippen molar-refractivity contribution in [2.45, 2.75) is 6.92 Å². The van der Waals surface area contributed by atoms with Gasteiger partial charge >= 0.3 is 5.97 Å². The third-order valence-electron chi connectivity index (χ3n) is 3.67. The van der Waals surface area contributed by atoms with Gasteiger partial charge in [-0.05, 0) is 19.1 Å². The minimum atomic E-state index is -0.701. The van der Waals surface area contributed by atoms with Crippen LogP contribution in [0.1, 0.15) is 5.56 Å². The van der Waals surface area contributed by atoms with Crippen molar-refractivity contribution < 1.29 is 23.6 Å². The Morgan fingerprint density at radius 2 is 1.86 bits per heavy atom. The molecular formula is C20H17ClN2O5. The van der Waals surface area contributed by atoms with Crippen LogP contribution in [0.4, 0.5) is 5.88 Å². The fourth-order valence-electron chi connectivity index (χ4n) is 2.25. The largest absolute Gasteiger partial charge is 0.480 e. The zero-order chi connectivity index (χ0) is 19.9. The molecular weight excluding hydrogens is 384 g/mol. The van der Waals surface area contributed by atoms with E-state index in [2.05, 4.69) is 10.5 Å². The number of aryl methyl sites for hydroxylation is 1. The molecule has 0 bridgehead atoms. The molecule has 0 atom stereocenters. The first-order valence-corrected chi connectivity index (χ1v) is 8.75. The Balaban J connectivity index is 1.45. The number of para-hydroxylation sites is 1. The monoisotopic (exact) mass is 400 g/mol. The van der Waals surface area contributed by atoms with E-state index in [1.165, 1.54) is 0 Å². The highest BCUT2D eigenvalue weighted by molar-refractivity contribution is 6.32. The van der Waals surface area contributed by atoms with Gasteiger partial charge in [0.25, 0.3) is 5.91 Å². The van der Waals surface area contributed by atoms with Crippen LogP contribution in [0.5, 0.6) is 5.75 Å². The highest BCUT2D eigenvalue weighted by Crippen LogP contribution is 2.23. The summed E-state index contributed by atoms with van der Waals surface area (Å²) < 4.78 is 15.2. The van der Waals surface area contributed by atoms with Gasteiger partial charge in [0.15, 0.2) is 13.2 Å². The molecule has 3 aromatic rings. The van der Waals surface area contributed by atoms with Crippen molar-refractivity contribution in [2.75, 3.05) is 18.5 Å². The Morgan fingerprint density at radius 3 is 2.61 bits per heavy atom. The molecule has 0 fully saturated rings. The number of esters is 1. The SMILES string of the molecule is Cc1ccc(-c2cc(NC(=O)COC(=O)COc3ccccc3Cl)on2)cc1. The maximum atomic E-state index is 11.9. The van der Waals surface area contributed by atoms with E-state index in [-0.39, 0.29) is 12.5 Å². The second-order valence-electron chi connectivity index (χ2n) is 5.87. The second kappa shape index (κ2) is 9.05. The number of aromatic nitrogens is 1. The number of hydrogen-bond donors (Lipinski definition) is 1. The molecule has 0 unspecified atom stereocenters. The minimum Gasteiger partial charge on any atom is -0.480 e. The van der Waals surface area contributed by atoms with Gasteiger partial charge < -0.3 is 14.0 Å². The zero-order valence-electron chi connectivity index (χ0n) is 15.0. The predicted octanol–water partition coefficient (Wildman–Crippen LogP) is 3.86. The molecule has 0 saturated heterocycles. The summed E-state index contributed by atoms with van der Waals surface area (Å²) in [5.74, 6) is -0.745. The smallest absolute Gasteiger partial charge is 0.344 e. The van der Waals surface area contributed by atoms with E-state index in [0.29, 0.717) is 16.5 Å². The summed E-state index contributed by atoms with van der Waals surface area (Å²) in [7, 11) is 0. The van der Waals surface area contributed by atoms with Crippen LogP contribution in [0.15, 0.2) is 59.1 Å². The Morgan fingerprint density at radius 1 is 1.11 bits per heavy atom. The van der Waals surface area contributed by atoms with Gasteiger partial charge in [-0.15, -0.1) is 0 Å². The highest BCUT2D eigenvalue weighted by atomic mass is 35.5. The molecule has 1 N–H and O–H groups in total. The van der Waals surface area contributed by atoms with E-state index < -0.39 is 18.5 Å². The van der Waals surface area contributed by atoms with Gasteiger partial charge in [0.05, 0.1) is 5.02 Å². The molecule has 1 amide bonds. The third-order valence-corrected chi connectivity index (χ3v) is 3.98. The maximum absolute atomic E-state index is 11.9. The van der Waals surface area contributed by atoms with Crippen LogP contribution in [0, 0.1) is 6.92 Å². The van der Waals surface area contributed by atoms with Gasteiger partial charge in [-0.25, -0.2) is 4.79 Å². The van der Waals surface area contributed by atoms with E-state index in [1.807, 2.05) is 31.2 Å². The Bertz CT molecular complexity index is 969. The lowest BCUT2D eigenvalue weighted by Crippen LogP contribution is -2.23. The third kappa shape index (κ3) is 5.34. The predicted molar refractivity (Wildman–Crippen MR) is 103 cm³/mol. The first-order chi connectivity index (χ1) is 13.5. The standard InChI is InChI=1S/C20H17ClN2O5/c1-13-6-8-14(9-7-13)16-10-19(28-23-16)22-18(24)11-27-20(25)12-26-17-5-3-2-4-15(17)21/h2-10H,11-12H2,1H3,(H,22,24). The van der Waals surface area contributed by atoms with E-state index in [9.17, 15) is 9.59 Å². The van der Waals surface area contributed by atoms with Crippen LogP contribution in [0.2, 0.25) is 5.02 Å². The minimum absolute atomic E-state index is 0.156. The first-order valence-electron chi connectivity index (χ1n) is 8.38. The van der Waals surface area contributed by atoms with Crippen LogP contribution >= 0.6 is 11.6 Å². The summed E-state index contributed by atoms with van der Waals surface area (Å²) in [5.41, 5.74) is 2.57. The van der Waals surface area contributed by atoms with Crippen molar-refractivity contribution in [2.24, 2.45) is 0 Å². The Hall–Kier alpha value is -3.32. The lowest BCUT2D eigenvalue weighted by atomic mass is 10.1. The lowest BCUT2D eigenvalue weighted by molar-refractivity contribution is -0.149. The molecule has 144 valence electrons. The van der Waals surface area contributed by atoms with Crippen LogP contribution in [-0.4, -0.2) is 30.2 Å². The average molecular weight is 401 g/mol. The number of nitrogens with zero attached hydrogens (tertiary/aromatic N) is 1. The first kappa shape index (κ1) is 19.4. The molecule has 1 heterocycles. The molecule has 2 aromatic carbocycles. The van der Waals surface area contributed by atoms with Crippen LogP contribution in [0.25, 0.3) is 11.3 Å². The summed E-state index contributed by atoms with van der Waals surface area (Å²) in [6, 6.07) is 16.0. The molecule has 0 spiro atoms. The molecule has 28 heavy (non-hydrogen) atoms. The molecule has 7 nitrogen and oxygen atoms in total. The number of benzene rings is 2.